The minimum atomic E-state index is -2.78. The molecule has 3 heterocycles. The molecule has 402 valence electrons. The highest BCUT2D eigenvalue weighted by Crippen LogP contribution is 2.45. The summed E-state index contributed by atoms with van der Waals surface area (Å²) in [5.74, 6) is -6.34. The summed E-state index contributed by atoms with van der Waals surface area (Å²) in [4.78, 5) is 72.3. The lowest BCUT2D eigenvalue weighted by molar-refractivity contribution is -0.282. The smallest absolute Gasteiger partial charge is 0.329 e. The van der Waals surface area contributed by atoms with Crippen molar-refractivity contribution < 1.29 is 66.6 Å². The highest BCUT2D eigenvalue weighted by atomic mass is 31.2. The molecule has 1 amide bonds. The molecule has 3 aliphatic heterocycles. The average molecular weight is 1020 g/mol. The van der Waals surface area contributed by atoms with Crippen LogP contribution in [0.25, 0.3) is 0 Å². The average Bonchev–Trinajstić information content (AvgIpc) is 3.31. The Morgan fingerprint density at radius 3 is 2.17 bits per heavy atom. The number of fused-ring (bicyclic) bond motifs is 3. The van der Waals surface area contributed by atoms with E-state index in [4.69, 9.17) is 32.9 Å². The maximum absolute atomic E-state index is 14.5. The number of hydrogen-bond acceptors (Lipinski definition) is 14. The molecule has 2 saturated heterocycles. The number of carbonyl (C=O) groups is 5. The number of ether oxygens (including phenoxy) is 6. The first-order valence-electron chi connectivity index (χ1n) is 26.0. The van der Waals surface area contributed by atoms with Crippen LogP contribution >= 0.6 is 7.37 Å². The van der Waals surface area contributed by atoms with Gasteiger partial charge in [-0.3, -0.25) is 23.7 Å². The fourth-order valence-corrected chi connectivity index (χ4v) is 11.9. The van der Waals surface area contributed by atoms with Crippen LogP contribution < -0.4 is 0 Å². The Bertz CT molecular complexity index is 1980. The highest BCUT2D eigenvalue weighted by molar-refractivity contribution is 7.57. The largest absolute Gasteiger partial charge is 0.460 e. The van der Waals surface area contributed by atoms with Crippen LogP contribution in [0.3, 0.4) is 0 Å². The van der Waals surface area contributed by atoms with Gasteiger partial charge in [0.15, 0.2) is 18.9 Å². The predicted molar refractivity (Wildman–Crippen MR) is 273 cm³/mol. The van der Waals surface area contributed by atoms with E-state index in [0.717, 1.165) is 12.0 Å². The number of allylic oxidation sites excluding steroid dienone is 6. The third kappa shape index (κ3) is 17.5. The third-order valence-electron chi connectivity index (χ3n) is 15.3. The van der Waals surface area contributed by atoms with Gasteiger partial charge in [-0.15, -0.1) is 0 Å². The fraction of sp³-hybridized carbons (Fsp3) is 0.764. The predicted octanol–water partition coefficient (Wildman–Crippen LogP) is 8.79. The van der Waals surface area contributed by atoms with Gasteiger partial charge in [0, 0.05) is 78.9 Å². The Morgan fingerprint density at radius 1 is 0.817 bits per heavy atom. The molecule has 1 saturated carbocycles. The number of Topliss-reactive ketones (excluding diaryl/α,β-unsaturated/α-hetero) is 3. The lowest BCUT2D eigenvalue weighted by Gasteiger charge is -2.43. The summed E-state index contributed by atoms with van der Waals surface area (Å²) in [5.41, 5.74) is 1.57. The molecule has 15 nitrogen and oxygen atoms in total. The van der Waals surface area contributed by atoms with Crippen molar-refractivity contribution >= 4 is 36.6 Å². The van der Waals surface area contributed by atoms with Gasteiger partial charge >= 0.3 is 5.97 Å². The minimum Gasteiger partial charge on any atom is -0.460 e. The van der Waals surface area contributed by atoms with Gasteiger partial charge in [0.1, 0.15) is 30.1 Å². The van der Waals surface area contributed by atoms with Gasteiger partial charge in [-0.2, -0.15) is 0 Å². The molecule has 0 radical (unpaired) electrons. The lowest BCUT2D eigenvalue weighted by atomic mass is 9.78. The summed E-state index contributed by atoms with van der Waals surface area (Å²) in [6.45, 7) is 16.5. The second-order valence-corrected chi connectivity index (χ2v) is 24.3. The molecule has 4 aliphatic rings. The van der Waals surface area contributed by atoms with Crippen molar-refractivity contribution in [2.75, 3.05) is 48.3 Å². The monoisotopic (exact) mass is 1020 g/mol. The SMILES string of the molecule is CO[C@H]1C[C@@H]2CC[C@@H](C)[C@](O)(CC(=O)C(=O)N3CCCC[C@H]3C(=O)O[C@H]([C@H](C)C[C@@H]3CC[C@@H](OP(C)(C)=O)[C@H](OC)C3)CC(=O)[C@H](C)/C=C(\C)[C@@H](OC)[C@@H](OC)C(=O)[C@H](C)C[C@H](C)/C=C/C=C/C=C/1C)O2. The van der Waals surface area contributed by atoms with Gasteiger partial charge in [0.25, 0.3) is 5.91 Å². The number of esters is 1. The van der Waals surface area contributed by atoms with E-state index in [2.05, 4.69) is 0 Å². The highest BCUT2D eigenvalue weighted by Gasteiger charge is 2.47. The molecule has 71 heavy (non-hydrogen) atoms. The molecular formula is C55H88NO14P. The van der Waals surface area contributed by atoms with Crippen LogP contribution in [0.5, 0.6) is 0 Å². The van der Waals surface area contributed by atoms with Gasteiger partial charge in [-0.05, 0) is 107 Å². The third-order valence-corrected chi connectivity index (χ3v) is 16.1. The number of carbonyl (C=O) groups excluding carboxylic acids is 5. The number of nitrogens with zero attached hydrogens (tertiary/aromatic N) is 1. The molecule has 3 fully saturated rings. The normalized spacial score (nSPS) is 38.4. The van der Waals surface area contributed by atoms with Crippen LogP contribution in [-0.4, -0.2) is 142 Å². The number of piperidine rings is 1. The van der Waals surface area contributed by atoms with Crippen molar-refractivity contribution in [1.82, 2.24) is 4.90 Å². The number of methoxy groups -OCH3 is 4. The maximum atomic E-state index is 14.5. The zero-order valence-corrected chi connectivity index (χ0v) is 46.0. The van der Waals surface area contributed by atoms with E-state index in [1.807, 2.05) is 65.0 Å². The van der Waals surface area contributed by atoms with Crippen molar-refractivity contribution in [3.8, 4) is 0 Å². The molecule has 0 spiro atoms. The first-order valence-corrected chi connectivity index (χ1v) is 28.5. The number of hydrogen-bond donors (Lipinski definition) is 1. The van der Waals surface area contributed by atoms with Crippen LogP contribution in [-0.2, 0) is 61.5 Å². The van der Waals surface area contributed by atoms with Gasteiger partial charge < -0.3 is 43.0 Å². The van der Waals surface area contributed by atoms with Crippen molar-refractivity contribution in [1.29, 1.82) is 0 Å². The second-order valence-electron chi connectivity index (χ2n) is 21.5. The Hall–Kier alpha value is -3.14. The number of cyclic esters (lactones) is 1. The van der Waals surface area contributed by atoms with Crippen LogP contribution in [0.4, 0.5) is 0 Å². The molecule has 1 aliphatic carbocycles. The molecule has 2 bridgehead atoms. The Labute approximate surface area is 424 Å². The van der Waals surface area contributed by atoms with E-state index < -0.39 is 79.5 Å². The van der Waals surface area contributed by atoms with Crippen LogP contribution in [0.1, 0.15) is 132 Å². The minimum absolute atomic E-state index is 0.0591. The van der Waals surface area contributed by atoms with Crippen molar-refractivity contribution in [2.45, 2.75) is 186 Å². The molecule has 4 rings (SSSR count). The van der Waals surface area contributed by atoms with Gasteiger partial charge in [0.2, 0.25) is 5.78 Å². The van der Waals surface area contributed by atoms with Gasteiger partial charge in [-0.25, -0.2) is 4.79 Å². The van der Waals surface area contributed by atoms with Gasteiger partial charge in [-0.1, -0.05) is 71.1 Å². The summed E-state index contributed by atoms with van der Waals surface area (Å²) < 4.78 is 54.6. The van der Waals surface area contributed by atoms with E-state index in [-0.39, 0.29) is 72.9 Å². The lowest BCUT2D eigenvalue weighted by Crippen LogP contribution is -2.54. The first kappa shape index (κ1) is 60.4. The van der Waals surface area contributed by atoms with Crippen molar-refractivity contribution in [2.24, 2.45) is 35.5 Å². The molecule has 0 aromatic carbocycles. The zero-order valence-electron chi connectivity index (χ0n) is 45.1. The molecule has 15 atom stereocenters. The van der Waals surface area contributed by atoms with E-state index in [0.29, 0.717) is 63.4 Å². The summed E-state index contributed by atoms with van der Waals surface area (Å²) in [6, 6.07) is -1.08. The first-order chi connectivity index (χ1) is 33.4. The number of aliphatic hydroxyl groups is 1. The van der Waals surface area contributed by atoms with Crippen molar-refractivity contribution in [3.05, 3.63) is 47.6 Å². The Kier molecular flexibility index (Phi) is 23.8. The summed E-state index contributed by atoms with van der Waals surface area (Å²) in [7, 11) is 3.43. The number of amides is 1. The fourth-order valence-electron chi connectivity index (χ4n) is 11.0. The van der Waals surface area contributed by atoms with E-state index in [1.54, 1.807) is 47.5 Å². The van der Waals surface area contributed by atoms with Gasteiger partial charge in [0.05, 0.1) is 30.8 Å². The molecule has 0 aromatic rings. The summed E-state index contributed by atoms with van der Waals surface area (Å²) in [5, 5.41) is 11.9. The van der Waals surface area contributed by atoms with Crippen molar-refractivity contribution in [3.63, 3.8) is 0 Å². The Morgan fingerprint density at radius 2 is 1.52 bits per heavy atom. The molecule has 0 unspecified atom stereocenters. The van der Waals surface area contributed by atoms with E-state index in [9.17, 15) is 33.6 Å². The topological polar surface area (TPSA) is 190 Å². The molecule has 0 aromatic heterocycles. The summed E-state index contributed by atoms with van der Waals surface area (Å²) >= 11 is 0. The number of rotatable bonds is 9. The molecular weight excluding hydrogens is 930 g/mol. The number of ketones is 3. The van der Waals surface area contributed by atoms with E-state index in [1.165, 1.54) is 19.1 Å². The van der Waals surface area contributed by atoms with Crippen LogP contribution in [0, 0.1) is 35.5 Å². The van der Waals surface area contributed by atoms with Crippen LogP contribution in [0.2, 0.25) is 0 Å². The molecule has 1 N–H and O–H groups in total. The van der Waals surface area contributed by atoms with E-state index >= 15 is 0 Å². The Balaban J connectivity index is 1.70. The second kappa shape index (κ2) is 28.0. The van der Waals surface area contributed by atoms with Crippen LogP contribution in [0.15, 0.2) is 47.6 Å². The zero-order chi connectivity index (χ0) is 52.8. The molecule has 16 heteroatoms. The maximum Gasteiger partial charge on any atom is 0.329 e. The quantitative estimate of drug-likeness (QED) is 0.0998. The summed E-state index contributed by atoms with van der Waals surface area (Å²) in [6.07, 6.45) is 13.0. The standard InChI is InChI=1S/C55H88NO14P/c1-34-19-15-14-16-20-35(2)47(64-8)31-42-24-22-40(7)55(62,69-42)33-45(58)53(60)56-26-18-17-21-43(56)54(61)68-48(37(4)29-41-23-25-46(49(30-41)65-9)70-71(12,13)63)32-44(57)36(3)28-39(6)51(66-10)52(67-11)50(59)38(5)27-34/h14-16,19-20,28,34,36-38,40-43,46-49,51-52,62H,17-18,21-27,29-33H2,1-13H3/b16-14+,19-15+,35-20+,39-28+/t34-,36-,37-,38-,40-,41+,42+,43+,46-,47+,48+,49-,51-,52+,55+/m1/s1.